The second kappa shape index (κ2) is 5.49. The van der Waals surface area contributed by atoms with Gasteiger partial charge in [-0.05, 0) is 29.9 Å². The van der Waals surface area contributed by atoms with E-state index in [4.69, 9.17) is 0 Å². The Bertz CT molecular complexity index is 307. The maximum absolute atomic E-state index is 9.32. The third-order valence-electron chi connectivity index (χ3n) is 3.54. The second-order valence-corrected chi connectivity index (χ2v) is 5.18. The number of hydrogen-bond donors (Lipinski definition) is 1. The maximum Gasteiger partial charge on any atom is 0.0522 e. The van der Waals surface area contributed by atoms with Crippen LogP contribution in [0.1, 0.15) is 57.6 Å². The molecule has 0 amide bonds. The van der Waals surface area contributed by atoms with Gasteiger partial charge >= 0.3 is 0 Å². The average Bonchev–Trinajstić information content (AvgIpc) is 2.31. The molecule has 1 nitrogen and oxygen atoms in total. The molecule has 0 unspecified atom stereocenters. The molecule has 0 saturated heterocycles. The minimum absolute atomic E-state index is 0.132. The van der Waals surface area contributed by atoms with Gasteiger partial charge in [-0.2, -0.15) is 0 Å². The van der Waals surface area contributed by atoms with E-state index < -0.39 is 0 Å². The lowest BCUT2D eigenvalue weighted by Gasteiger charge is -2.23. The molecule has 1 aromatic carbocycles. The molecule has 0 bridgehead atoms. The molecule has 0 aliphatic carbocycles. The summed E-state index contributed by atoms with van der Waals surface area (Å²) < 4.78 is 0. The zero-order valence-corrected chi connectivity index (χ0v) is 11.0. The summed E-state index contributed by atoms with van der Waals surface area (Å²) in [6.07, 6.45) is 2.39. The first-order valence-corrected chi connectivity index (χ1v) is 6.26. The van der Waals surface area contributed by atoms with Crippen molar-refractivity contribution in [2.75, 3.05) is 6.61 Å². The second-order valence-electron chi connectivity index (χ2n) is 5.18. The Kier molecular flexibility index (Phi) is 4.55. The zero-order valence-electron chi connectivity index (χ0n) is 11.0. The summed E-state index contributed by atoms with van der Waals surface area (Å²) in [6.45, 7) is 8.80. The lowest BCUT2D eigenvalue weighted by molar-refractivity contribution is 0.218. The molecular weight excluding hydrogens is 196 g/mol. The van der Waals surface area contributed by atoms with Gasteiger partial charge in [-0.3, -0.25) is 0 Å². The van der Waals surface area contributed by atoms with Gasteiger partial charge in [0.25, 0.3) is 0 Å². The lowest BCUT2D eigenvalue weighted by atomic mass is 9.84. The Labute approximate surface area is 99.5 Å². The Morgan fingerprint density at radius 2 is 1.56 bits per heavy atom. The molecule has 1 aromatic rings. The van der Waals surface area contributed by atoms with Crippen molar-refractivity contribution in [1.29, 1.82) is 0 Å². The van der Waals surface area contributed by atoms with Crippen LogP contribution in [0.3, 0.4) is 0 Å². The van der Waals surface area contributed by atoms with Crippen molar-refractivity contribution in [3.05, 3.63) is 35.4 Å². The van der Waals surface area contributed by atoms with E-state index in [1.807, 2.05) is 0 Å². The van der Waals surface area contributed by atoms with Gasteiger partial charge in [-0.1, -0.05) is 52.0 Å². The number of aliphatic hydroxyl groups excluding tert-OH is 1. The van der Waals surface area contributed by atoms with Gasteiger partial charge in [0.05, 0.1) is 6.61 Å². The molecular formula is C15H24O. The maximum atomic E-state index is 9.32. The van der Waals surface area contributed by atoms with Crippen molar-refractivity contribution < 1.29 is 5.11 Å². The Balaban J connectivity index is 2.90. The summed E-state index contributed by atoms with van der Waals surface area (Å²) in [5.41, 5.74) is 2.50. The molecule has 0 radical (unpaired) electrons. The van der Waals surface area contributed by atoms with Crippen LogP contribution < -0.4 is 0 Å². The SMILES string of the molecule is CCC(CC)c1ccc(C(C)(C)CO)cc1. The predicted molar refractivity (Wildman–Crippen MR) is 69.9 cm³/mol. The van der Waals surface area contributed by atoms with Crippen molar-refractivity contribution in [1.82, 2.24) is 0 Å². The van der Waals surface area contributed by atoms with E-state index in [-0.39, 0.29) is 12.0 Å². The number of aliphatic hydroxyl groups is 1. The minimum atomic E-state index is -0.132. The quantitative estimate of drug-likeness (QED) is 0.799. The minimum Gasteiger partial charge on any atom is -0.395 e. The molecule has 1 N–H and O–H groups in total. The molecule has 0 saturated carbocycles. The molecule has 0 aliphatic heterocycles. The molecule has 16 heavy (non-hydrogen) atoms. The highest BCUT2D eigenvalue weighted by atomic mass is 16.3. The average molecular weight is 220 g/mol. The summed E-state index contributed by atoms with van der Waals surface area (Å²) in [4.78, 5) is 0. The smallest absolute Gasteiger partial charge is 0.0522 e. The van der Waals surface area contributed by atoms with E-state index in [0.717, 1.165) is 0 Å². The van der Waals surface area contributed by atoms with Gasteiger partial charge < -0.3 is 5.11 Å². The van der Waals surface area contributed by atoms with Gasteiger partial charge in [0.1, 0.15) is 0 Å². The van der Waals surface area contributed by atoms with Crippen LogP contribution in [-0.4, -0.2) is 11.7 Å². The molecule has 0 aromatic heterocycles. The van der Waals surface area contributed by atoms with Crippen molar-refractivity contribution in [3.8, 4) is 0 Å². The zero-order chi connectivity index (χ0) is 12.2. The van der Waals surface area contributed by atoms with E-state index >= 15 is 0 Å². The van der Waals surface area contributed by atoms with E-state index in [9.17, 15) is 5.11 Å². The van der Waals surface area contributed by atoms with Crippen LogP contribution in [0, 0.1) is 0 Å². The molecule has 0 heterocycles. The summed E-state index contributed by atoms with van der Waals surface area (Å²) in [6, 6.07) is 8.74. The Hall–Kier alpha value is -0.820. The fourth-order valence-electron chi connectivity index (χ4n) is 2.06. The van der Waals surface area contributed by atoms with Crippen LogP contribution >= 0.6 is 0 Å². The summed E-state index contributed by atoms with van der Waals surface area (Å²) in [5, 5.41) is 9.32. The molecule has 0 spiro atoms. The summed E-state index contributed by atoms with van der Waals surface area (Å²) in [7, 11) is 0. The van der Waals surface area contributed by atoms with Crippen LogP contribution in [0.15, 0.2) is 24.3 Å². The van der Waals surface area contributed by atoms with Crippen molar-refractivity contribution in [2.24, 2.45) is 0 Å². The topological polar surface area (TPSA) is 20.2 Å². The van der Waals surface area contributed by atoms with Crippen LogP contribution in [0.2, 0.25) is 0 Å². The molecule has 1 rings (SSSR count). The van der Waals surface area contributed by atoms with Crippen molar-refractivity contribution in [2.45, 2.75) is 51.9 Å². The predicted octanol–water partition coefficient (Wildman–Crippen LogP) is 3.86. The number of hydrogen-bond acceptors (Lipinski definition) is 1. The lowest BCUT2D eigenvalue weighted by Crippen LogP contribution is -2.21. The number of rotatable bonds is 5. The van der Waals surface area contributed by atoms with Gasteiger partial charge in [-0.25, -0.2) is 0 Å². The van der Waals surface area contributed by atoms with E-state index in [1.54, 1.807) is 0 Å². The van der Waals surface area contributed by atoms with Gasteiger partial charge in [0.15, 0.2) is 0 Å². The van der Waals surface area contributed by atoms with Crippen LogP contribution in [0.4, 0.5) is 0 Å². The largest absolute Gasteiger partial charge is 0.395 e. The van der Waals surface area contributed by atoms with Gasteiger partial charge in [0, 0.05) is 5.41 Å². The van der Waals surface area contributed by atoms with Crippen LogP contribution in [0.25, 0.3) is 0 Å². The van der Waals surface area contributed by atoms with Crippen LogP contribution in [0.5, 0.6) is 0 Å². The highest BCUT2D eigenvalue weighted by molar-refractivity contribution is 5.30. The molecule has 0 aliphatic rings. The van der Waals surface area contributed by atoms with Crippen molar-refractivity contribution >= 4 is 0 Å². The van der Waals surface area contributed by atoms with E-state index in [0.29, 0.717) is 5.92 Å². The first kappa shape index (κ1) is 13.2. The van der Waals surface area contributed by atoms with Gasteiger partial charge in [0.2, 0.25) is 0 Å². The normalized spacial score (nSPS) is 12.1. The third-order valence-corrected chi connectivity index (χ3v) is 3.54. The summed E-state index contributed by atoms with van der Waals surface area (Å²) >= 11 is 0. The molecule has 0 fully saturated rings. The van der Waals surface area contributed by atoms with Gasteiger partial charge in [-0.15, -0.1) is 0 Å². The van der Waals surface area contributed by atoms with Crippen LogP contribution in [-0.2, 0) is 5.41 Å². The Morgan fingerprint density at radius 3 is 1.94 bits per heavy atom. The first-order valence-electron chi connectivity index (χ1n) is 6.26. The highest BCUT2D eigenvalue weighted by Crippen LogP contribution is 2.27. The molecule has 90 valence electrons. The standard InChI is InChI=1S/C15H24O/c1-5-12(6-2)13-7-9-14(10-8-13)15(3,4)11-16/h7-10,12,16H,5-6,11H2,1-4H3. The van der Waals surface area contributed by atoms with E-state index in [2.05, 4.69) is 52.0 Å². The monoisotopic (exact) mass is 220 g/mol. The molecule has 0 atom stereocenters. The van der Waals surface area contributed by atoms with Crippen molar-refractivity contribution in [3.63, 3.8) is 0 Å². The fraction of sp³-hybridized carbons (Fsp3) is 0.600. The summed E-state index contributed by atoms with van der Waals surface area (Å²) in [5.74, 6) is 0.672. The Morgan fingerprint density at radius 1 is 1.06 bits per heavy atom. The number of benzene rings is 1. The fourth-order valence-corrected chi connectivity index (χ4v) is 2.06. The van der Waals surface area contributed by atoms with E-state index in [1.165, 1.54) is 24.0 Å². The third kappa shape index (κ3) is 2.85. The first-order chi connectivity index (χ1) is 7.55. The molecule has 1 heteroatoms. The highest BCUT2D eigenvalue weighted by Gasteiger charge is 2.19.